The highest BCUT2D eigenvalue weighted by Crippen LogP contribution is 2.45. The molecule has 1 aliphatic rings. The molecule has 0 aliphatic carbocycles. The fourth-order valence-electron chi connectivity index (χ4n) is 1.05. The molecule has 5 nitrogen and oxygen atoms in total. The van der Waals surface area contributed by atoms with E-state index < -0.39 is 20.0 Å². The van der Waals surface area contributed by atoms with E-state index in [1.165, 1.54) is 18.2 Å². The van der Waals surface area contributed by atoms with Gasteiger partial charge in [-0.05, 0) is 0 Å². The fourth-order valence-corrected chi connectivity index (χ4v) is 1.90. The fraction of sp³-hybridized carbons (Fsp3) is 0.500. The Morgan fingerprint density at radius 2 is 2.36 bits per heavy atom. The van der Waals surface area contributed by atoms with E-state index >= 15 is 0 Å². The predicted octanol–water partition coefficient (Wildman–Crippen LogP) is 0.995. The third-order valence-corrected chi connectivity index (χ3v) is 2.71. The smallest absolute Gasteiger partial charge is 0.389 e. The first-order valence-corrected chi connectivity index (χ1v) is 5.66. The lowest BCUT2D eigenvalue weighted by Crippen LogP contribution is -2.15. The lowest BCUT2D eigenvalue weighted by atomic mass is 10.1. The van der Waals surface area contributed by atoms with E-state index in [-0.39, 0.29) is 13.0 Å². The van der Waals surface area contributed by atoms with Crippen LogP contribution < -0.4 is 0 Å². The van der Waals surface area contributed by atoms with Crippen LogP contribution in [0.25, 0.3) is 0 Å². The second-order valence-electron chi connectivity index (χ2n) is 2.88. The van der Waals surface area contributed by atoms with Gasteiger partial charge in [-0.3, -0.25) is 9.05 Å². The molecule has 0 bridgehead atoms. The molecular weight excluding hydrogens is 207 g/mol. The first-order valence-electron chi connectivity index (χ1n) is 4.16. The van der Waals surface area contributed by atoms with Gasteiger partial charge in [0.05, 0.1) is 18.8 Å². The minimum Gasteiger partial charge on any atom is -0.389 e. The Morgan fingerprint density at radius 3 is 3.00 bits per heavy atom. The number of hydrogen-bond donors (Lipinski definition) is 2. The van der Waals surface area contributed by atoms with E-state index in [9.17, 15) is 9.67 Å². The van der Waals surface area contributed by atoms with E-state index in [1.807, 2.05) is 0 Å². The molecule has 6 heteroatoms. The Hall–Kier alpha value is -0.450. The topological polar surface area (TPSA) is 76.0 Å². The third kappa shape index (κ3) is 3.74. The molecule has 14 heavy (non-hydrogen) atoms. The number of hydrogen-bond acceptors (Lipinski definition) is 4. The molecule has 0 fully saturated rings. The maximum atomic E-state index is 11.2. The summed E-state index contributed by atoms with van der Waals surface area (Å²) >= 11 is 0. The van der Waals surface area contributed by atoms with Crippen molar-refractivity contribution in [2.24, 2.45) is 0 Å². The van der Waals surface area contributed by atoms with Crippen molar-refractivity contribution in [3.63, 3.8) is 0 Å². The molecule has 2 N–H and O–H groups in total. The van der Waals surface area contributed by atoms with Crippen LogP contribution in [0.1, 0.15) is 6.42 Å². The summed E-state index contributed by atoms with van der Waals surface area (Å²) in [6.07, 6.45) is 3.10. The molecule has 0 spiro atoms. The molecule has 1 aliphatic heterocycles. The highest BCUT2D eigenvalue weighted by Gasteiger charge is 2.26. The molecule has 0 aromatic rings. The van der Waals surface area contributed by atoms with Crippen LogP contribution in [0, 0.1) is 0 Å². The van der Waals surface area contributed by atoms with Gasteiger partial charge in [-0.1, -0.05) is 18.2 Å². The van der Waals surface area contributed by atoms with Gasteiger partial charge in [-0.2, -0.15) is 0 Å². The quantitative estimate of drug-likeness (QED) is 0.509. The van der Waals surface area contributed by atoms with Gasteiger partial charge in [0.25, 0.3) is 0 Å². The Labute approximate surface area is 82.3 Å². The summed E-state index contributed by atoms with van der Waals surface area (Å²) in [5.74, 6) is 0. The molecule has 1 heterocycles. The van der Waals surface area contributed by atoms with Gasteiger partial charge in [0.1, 0.15) is 0 Å². The molecule has 0 saturated heterocycles. The van der Waals surface area contributed by atoms with Crippen LogP contribution in [0.15, 0.2) is 24.8 Å². The van der Waals surface area contributed by atoms with Crippen LogP contribution in [0.3, 0.4) is 0 Å². The molecule has 0 amide bonds. The van der Waals surface area contributed by atoms with Crippen molar-refractivity contribution in [1.82, 2.24) is 0 Å². The van der Waals surface area contributed by atoms with Gasteiger partial charge in [0.2, 0.25) is 0 Å². The van der Waals surface area contributed by atoms with Gasteiger partial charge in [-0.15, -0.1) is 6.58 Å². The SMILES string of the molecule is C=C[C@@H]1C[C@H](O)/C=C\COP(=O)(O)O1. The monoisotopic (exact) mass is 220 g/mol. The van der Waals surface area contributed by atoms with E-state index in [0.29, 0.717) is 0 Å². The van der Waals surface area contributed by atoms with Crippen molar-refractivity contribution in [2.45, 2.75) is 18.6 Å². The van der Waals surface area contributed by atoms with Crippen LogP contribution in [-0.2, 0) is 13.6 Å². The molecule has 3 atom stereocenters. The average molecular weight is 220 g/mol. The first kappa shape index (κ1) is 11.6. The Balaban J connectivity index is 2.74. The molecular formula is C8H13O5P. The van der Waals surface area contributed by atoms with Crippen molar-refractivity contribution in [3.05, 3.63) is 24.8 Å². The van der Waals surface area contributed by atoms with Crippen LogP contribution in [-0.4, -0.2) is 28.8 Å². The second-order valence-corrected chi connectivity index (χ2v) is 4.28. The zero-order valence-corrected chi connectivity index (χ0v) is 8.47. The standard InChI is InChI=1S/C8H13O5P/c1-2-8-6-7(9)4-3-5-12-14(10,11)13-8/h2-4,7-9H,1,5-6H2,(H,10,11)/b4-3-/t7-,8-/m1/s1. The number of aliphatic hydroxyl groups excluding tert-OH is 1. The maximum Gasteiger partial charge on any atom is 0.473 e. The van der Waals surface area contributed by atoms with Crippen molar-refractivity contribution in [1.29, 1.82) is 0 Å². The maximum absolute atomic E-state index is 11.2. The first-order chi connectivity index (χ1) is 6.53. The summed E-state index contributed by atoms with van der Waals surface area (Å²) in [5.41, 5.74) is 0. The molecule has 0 radical (unpaired) electrons. The predicted molar refractivity (Wildman–Crippen MR) is 50.6 cm³/mol. The Kier molecular flexibility index (Phi) is 4.04. The summed E-state index contributed by atoms with van der Waals surface area (Å²) in [5, 5.41) is 9.37. The van der Waals surface area contributed by atoms with Crippen LogP contribution >= 0.6 is 7.82 Å². The number of phosphoric ester groups is 1. The Bertz CT molecular complexity index is 275. The number of aliphatic hydroxyl groups is 1. The number of phosphoric acid groups is 1. The summed E-state index contributed by atoms with van der Waals surface area (Å²) in [4.78, 5) is 9.14. The molecule has 0 aromatic heterocycles. The summed E-state index contributed by atoms with van der Waals surface area (Å²) in [7, 11) is -4.02. The van der Waals surface area contributed by atoms with Gasteiger partial charge in [0.15, 0.2) is 0 Å². The minimum absolute atomic E-state index is 0.0608. The van der Waals surface area contributed by atoms with Crippen LogP contribution in [0.2, 0.25) is 0 Å². The molecule has 80 valence electrons. The minimum atomic E-state index is -4.02. The van der Waals surface area contributed by atoms with Crippen LogP contribution in [0.5, 0.6) is 0 Å². The lowest BCUT2D eigenvalue weighted by Gasteiger charge is -2.17. The normalized spacial score (nSPS) is 41.9. The summed E-state index contributed by atoms with van der Waals surface area (Å²) in [6, 6.07) is 0. The molecule has 1 rings (SSSR count). The molecule has 0 aromatic carbocycles. The van der Waals surface area contributed by atoms with E-state index in [1.54, 1.807) is 0 Å². The largest absolute Gasteiger partial charge is 0.473 e. The van der Waals surface area contributed by atoms with Gasteiger partial charge in [0, 0.05) is 6.42 Å². The zero-order valence-electron chi connectivity index (χ0n) is 7.57. The molecule has 0 saturated carbocycles. The lowest BCUT2D eigenvalue weighted by molar-refractivity contribution is 0.105. The van der Waals surface area contributed by atoms with Gasteiger partial charge in [-0.25, -0.2) is 4.57 Å². The van der Waals surface area contributed by atoms with Gasteiger partial charge >= 0.3 is 7.82 Å². The summed E-state index contributed by atoms with van der Waals surface area (Å²) in [6.45, 7) is 3.38. The zero-order chi connectivity index (χ0) is 10.6. The highest BCUT2D eigenvalue weighted by atomic mass is 31.2. The average Bonchev–Trinajstić information content (AvgIpc) is 2.15. The Morgan fingerprint density at radius 1 is 1.64 bits per heavy atom. The second kappa shape index (κ2) is 4.87. The van der Waals surface area contributed by atoms with E-state index in [4.69, 9.17) is 9.42 Å². The van der Waals surface area contributed by atoms with Crippen LogP contribution in [0.4, 0.5) is 0 Å². The molecule has 1 unspecified atom stereocenters. The van der Waals surface area contributed by atoms with Crippen molar-refractivity contribution in [2.75, 3.05) is 6.61 Å². The third-order valence-electron chi connectivity index (χ3n) is 1.70. The van der Waals surface area contributed by atoms with Crippen molar-refractivity contribution >= 4 is 7.82 Å². The highest BCUT2D eigenvalue weighted by molar-refractivity contribution is 7.47. The van der Waals surface area contributed by atoms with E-state index in [2.05, 4.69) is 11.1 Å². The van der Waals surface area contributed by atoms with Gasteiger partial charge < -0.3 is 10.00 Å². The number of rotatable bonds is 1. The van der Waals surface area contributed by atoms with Crippen molar-refractivity contribution in [3.8, 4) is 0 Å². The summed E-state index contributed by atoms with van der Waals surface area (Å²) < 4.78 is 20.5. The van der Waals surface area contributed by atoms with Crippen molar-refractivity contribution < 1.29 is 23.6 Å². The van der Waals surface area contributed by atoms with E-state index in [0.717, 1.165) is 0 Å².